The lowest BCUT2D eigenvalue weighted by Crippen LogP contribution is -2.46. The molecule has 2 unspecified atom stereocenters. The molecular weight excluding hydrogens is 204 g/mol. The van der Waals surface area contributed by atoms with E-state index >= 15 is 0 Å². The van der Waals surface area contributed by atoms with Crippen LogP contribution in [-0.4, -0.2) is 54.3 Å². The van der Waals surface area contributed by atoms with Crippen LogP contribution in [0.1, 0.15) is 11.9 Å². The molecular formula is C11H20N4O. The zero-order valence-corrected chi connectivity index (χ0v) is 10.2. The summed E-state index contributed by atoms with van der Waals surface area (Å²) in [5, 5.41) is 3.30. The first-order valence-electron chi connectivity index (χ1n) is 5.67. The highest BCUT2D eigenvalue weighted by molar-refractivity contribution is 5.02. The van der Waals surface area contributed by atoms with Crippen LogP contribution in [0.4, 0.5) is 0 Å². The smallest absolute Gasteiger partial charge is 0.128 e. The molecule has 1 N–H and O–H groups in total. The van der Waals surface area contributed by atoms with E-state index in [9.17, 15) is 0 Å². The maximum Gasteiger partial charge on any atom is 0.128 e. The van der Waals surface area contributed by atoms with Crippen LogP contribution in [0, 0.1) is 0 Å². The standard InChI is InChI=1S/C11H20N4O/c1-12-10(11-13-4-5-15(11)3)9-8-14(2)6-7-16-9/h4-5,9-10,12H,6-8H2,1-3H3. The molecule has 5 heteroatoms. The highest BCUT2D eigenvalue weighted by atomic mass is 16.5. The summed E-state index contributed by atoms with van der Waals surface area (Å²) in [4.78, 5) is 6.68. The molecule has 0 amide bonds. The molecule has 1 aliphatic heterocycles. The summed E-state index contributed by atoms with van der Waals surface area (Å²) in [6.07, 6.45) is 3.96. The monoisotopic (exact) mass is 224 g/mol. The van der Waals surface area contributed by atoms with Crippen LogP contribution in [0.25, 0.3) is 0 Å². The molecule has 0 bridgehead atoms. The molecule has 2 rings (SSSR count). The number of ether oxygens (including phenoxy) is 1. The van der Waals surface area contributed by atoms with Gasteiger partial charge < -0.3 is 19.5 Å². The lowest BCUT2D eigenvalue weighted by atomic mass is 10.1. The third-order valence-electron chi connectivity index (χ3n) is 3.12. The highest BCUT2D eigenvalue weighted by Crippen LogP contribution is 2.19. The third-order valence-corrected chi connectivity index (χ3v) is 3.12. The highest BCUT2D eigenvalue weighted by Gasteiger charge is 2.29. The number of aryl methyl sites for hydroxylation is 1. The number of morpholine rings is 1. The van der Waals surface area contributed by atoms with E-state index in [1.54, 1.807) is 0 Å². The van der Waals surface area contributed by atoms with Gasteiger partial charge in [-0.25, -0.2) is 4.98 Å². The lowest BCUT2D eigenvalue weighted by Gasteiger charge is -2.34. The molecule has 1 fully saturated rings. The van der Waals surface area contributed by atoms with Crippen LogP contribution in [0.3, 0.4) is 0 Å². The number of nitrogens with one attached hydrogen (secondary N) is 1. The number of likely N-dealkylation sites (N-methyl/N-ethyl adjacent to an activating group) is 2. The topological polar surface area (TPSA) is 42.3 Å². The van der Waals surface area contributed by atoms with Gasteiger partial charge in [0.25, 0.3) is 0 Å². The van der Waals surface area contributed by atoms with Gasteiger partial charge in [0.2, 0.25) is 0 Å². The zero-order chi connectivity index (χ0) is 11.5. The summed E-state index contributed by atoms with van der Waals surface area (Å²) in [5.74, 6) is 1.03. The van der Waals surface area contributed by atoms with E-state index in [1.165, 1.54) is 0 Å². The maximum absolute atomic E-state index is 5.82. The van der Waals surface area contributed by atoms with E-state index < -0.39 is 0 Å². The Hall–Kier alpha value is -0.910. The first-order valence-corrected chi connectivity index (χ1v) is 5.67. The van der Waals surface area contributed by atoms with Crippen molar-refractivity contribution in [2.45, 2.75) is 12.1 Å². The minimum Gasteiger partial charge on any atom is -0.373 e. The van der Waals surface area contributed by atoms with Gasteiger partial charge in [-0.15, -0.1) is 0 Å². The van der Waals surface area contributed by atoms with Crippen molar-refractivity contribution in [3.63, 3.8) is 0 Å². The second-order valence-corrected chi connectivity index (χ2v) is 4.33. The Morgan fingerprint density at radius 1 is 1.56 bits per heavy atom. The van der Waals surface area contributed by atoms with E-state index in [2.05, 4.69) is 22.2 Å². The summed E-state index contributed by atoms with van der Waals surface area (Å²) in [7, 11) is 6.09. The van der Waals surface area contributed by atoms with Gasteiger partial charge in [0.15, 0.2) is 0 Å². The molecule has 0 saturated carbocycles. The molecule has 90 valence electrons. The first-order chi connectivity index (χ1) is 7.72. The summed E-state index contributed by atoms with van der Waals surface area (Å²) in [5.41, 5.74) is 0. The molecule has 16 heavy (non-hydrogen) atoms. The fraction of sp³-hybridized carbons (Fsp3) is 0.727. The SMILES string of the molecule is CNC(c1nccn1C)C1CN(C)CCO1. The summed E-state index contributed by atoms with van der Waals surface area (Å²) in [6, 6.07) is 0.155. The van der Waals surface area contributed by atoms with Gasteiger partial charge in [-0.1, -0.05) is 0 Å². The van der Waals surface area contributed by atoms with Crippen LogP contribution < -0.4 is 5.32 Å². The molecule has 5 nitrogen and oxygen atoms in total. The number of imidazole rings is 1. The second kappa shape index (κ2) is 4.95. The van der Waals surface area contributed by atoms with Crippen molar-refractivity contribution in [1.82, 2.24) is 19.8 Å². The number of hydrogen-bond acceptors (Lipinski definition) is 4. The Morgan fingerprint density at radius 2 is 2.38 bits per heavy atom. The summed E-state index contributed by atoms with van der Waals surface area (Å²) in [6.45, 7) is 2.75. The number of hydrogen-bond donors (Lipinski definition) is 1. The van der Waals surface area contributed by atoms with Crippen LogP contribution in [0.15, 0.2) is 12.4 Å². The fourth-order valence-electron chi connectivity index (χ4n) is 2.17. The molecule has 0 aliphatic carbocycles. The van der Waals surface area contributed by atoms with Gasteiger partial charge in [-0.05, 0) is 14.1 Å². The van der Waals surface area contributed by atoms with Crippen molar-refractivity contribution < 1.29 is 4.74 Å². The van der Waals surface area contributed by atoms with E-state index in [0.717, 1.165) is 25.5 Å². The Morgan fingerprint density at radius 3 is 2.94 bits per heavy atom. The fourth-order valence-corrected chi connectivity index (χ4v) is 2.17. The van der Waals surface area contributed by atoms with Crippen molar-refractivity contribution in [1.29, 1.82) is 0 Å². The van der Waals surface area contributed by atoms with Gasteiger partial charge in [0.1, 0.15) is 5.82 Å². The Labute approximate surface area is 96.4 Å². The predicted octanol–water partition coefficient (Wildman–Crippen LogP) is 0.0112. The van der Waals surface area contributed by atoms with Crippen LogP contribution in [-0.2, 0) is 11.8 Å². The molecule has 0 radical (unpaired) electrons. The van der Waals surface area contributed by atoms with E-state index in [4.69, 9.17) is 4.74 Å². The van der Waals surface area contributed by atoms with E-state index in [-0.39, 0.29) is 12.1 Å². The van der Waals surface area contributed by atoms with E-state index in [1.807, 2.05) is 31.1 Å². The molecule has 1 aromatic rings. The first kappa shape index (κ1) is 11.6. The normalized spacial score (nSPS) is 24.6. The van der Waals surface area contributed by atoms with Crippen LogP contribution in [0.5, 0.6) is 0 Å². The van der Waals surface area contributed by atoms with Crippen molar-refractivity contribution in [3.8, 4) is 0 Å². The van der Waals surface area contributed by atoms with Gasteiger partial charge in [-0.3, -0.25) is 0 Å². The average Bonchev–Trinajstić information content (AvgIpc) is 2.67. The molecule has 2 atom stereocenters. The quantitative estimate of drug-likeness (QED) is 0.785. The van der Waals surface area contributed by atoms with Gasteiger partial charge >= 0.3 is 0 Å². The van der Waals surface area contributed by atoms with Gasteiger partial charge in [-0.2, -0.15) is 0 Å². The predicted molar refractivity (Wildman–Crippen MR) is 62.2 cm³/mol. The second-order valence-electron chi connectivity index (χ2n) is 4.33. The van der Waals surface area contributed by atoms with E-state index in [0.29, 0.717) is 0 Å². The van der Waals surface area contributed by atoms with Crippen molar-refractivity contribution in [2.24, 2.45) is 7.05 Å². The summed E-state index contributed by atoms with van der Waals surface area (Å²) < 4.78 is 7.86. The molecule has 0 aromatic carbocycles. The third kappa shape index (κ3) is 2.26. The van der Waals surface area contributed by atoms with Crippen LogP contribution >= 0.6 is 0 Å². The summed E-state index contributed by atoms with van der Waals surface area (Å²) >= 11 is 0. The van der Waals surface area contributed by atoms with Gasteiger partial charge in [0, 0.05) is 32.5 Å². The largest absolute Gasteiger partial charge is 0.373 e. The maximum atomic E-state index is 5.82. The Balaban J connectivity index is 2.13. The molecule has 1 aliphatic rings. The molecule has 1 aromatic heterocycles. The van der Waals surface area contributed by atoms with Gasteiger partial charge in [0.05, 0.1) is 18.8 Å². The Bertz CT molecular complexity index is 338. The number of rotatable bonds is 3. The molecule has 0 spiro atoms. The minimum atomic E-state index is 0.155. The molecule has 1 saturated heterocycles. The number of aromatic nitrogens is 2. The Kier molecular flexibility index (Phi) is 3.58. The van der Waals surface area contributed by atoms with Crippen molar-refractivity contribution in [3.05, 3.63) is 18.2 Å². The lowest BCUT2D eigenvalue weighted by molar-refractivity contribution is -0.0398. The number of nitrogens with zero attached hydrogens (tertiary/aromatic N) is 3. The average molecular weight is 224 g/mol. The minimum absolute atomic E-state index is 0.155. The van der Waals surface area contributed by atoms with Crippen LogP contribution in [0.2, 0.25) is 0 Å². The van der Waals surface area contributed by atoms with Crippen molar-refractivity contribution >= 4 is 0 Å². The zero-order valence-electron chi connectivity index (χ0n) is 10.2. The molecule has 2 heterocycles. The van der Waals surface area contributed by atoms with Crippen molar-refractivity contribution in [2.75, 3.05) is 33.8 Å².